The van der Waals surface area contributed by atoms with Crippen molar-refractivity contribution in [3.8, 4) is 0 Å². The van der Waals surface area contributed by atoms with E-state index in [1.165, 1.54) is 0 Å². The minimum atomic E-state index is -1.69. The smallest absolute Gasteiger partial charge is 0.186 e. The quantitative estimate of drug-likeness (QED) is 0.131. The Hall–Kier alpha value is -3.12. The van der Waals surface area contributed by atoms with Crippen LogP contribution in [-0.4, -0.2) is 118 Å². The molecule has 2 saturated heterocycles. The van der Waals surface area contributed by atoms with E-state index in [1.54, 1.807) is 0 Å². The first kappa shape index (κ1) is 30.4. The third kappa shape index (κ3) is 7.10. The maximum atomic E-state index is 11.0. The van der Waals surface area contributed by atoms with Crippen molar-refractivity contribution in [2.24, 2.45) is 20.5 Å². The van der Waals surface area contributed by atoms with Crippen LogP contribution in [0.2, 0.25) is 0 Å². The Morgan fingerprint density at radius 1 is 0.744 bits per heavy atom. The van der Waals surface area contributed by atoms with Gasteiger partial charge in [0.25, 0.3) is 0 Å². The van der Waals surface area contributed by atoms with Gasteiger partial charge < -0.3 is 44.5 Å². The third-order valence-electron chi connectivity index (χ3n) is 6.69. The molecular formula is C18H28N12O9. The van der Waals surface area contributed by atoms with Crippen LogP contribution in [0.1, 0.15) is 19.3 Å². The lowest BCUT2D eigenvalue weighted by molar-refractivity contribution is -0.279. The van der Waals surface area contributed by atoms with Crippen molar-refractivity contribution in [1.82, 2.24) is 0 Å². The molecule has 214 valence electrons. The topological polar surface area (TPSA) is 333 Å². The Kier molecular flexibility index (Phi) is 11.2. The molecule has 21 nitrogen and oxygen atoms in total. The molecule has 21 heteroatoms. The number of nitrogens with zero attached hydrogens (tertiary/aromatic N) is 12. The number of ether oxygens (including phenoxy) is 4. The molecule has 0 aromatic rings. The summed E-state index contributed by atoms with van der Waals surface area (Å²) in [4.78, 5) is 10.6. The zero-order chi connectivity index (χ0) is 28.5. The largest absolute Gasteiger partial charge is 0.396 e. The maximum Gasteiger partial charge on any atom is 0.186 e. The van der Waals surface area contributed by atoms with E-state index in [4.69, 9.17) is 41.1 Å². The second-order valence-electron chi connectivity index (χ2n) is 9.05. The van der Waals surface area contributed by atoms with Crippen molar-refractivity contribution >= 4 is 0 Å². The minimum Gasteiger partial charge on any atom is -0.396 e. The Morgan fingerprint density at radius 3 is 2.08 bits per heavy atom. The standard InChI is InChI=1S/C18H28N12O9/c19-27-23-5-10-13(33)14(34)11(26-30-22)17(38-10)39-16-8(1-2-31)36-18(15(16)35)37-9-4-6(24-28-20)3-7(12(9)32)25-29-21/h6-18,31-35H,1-5H2/t6?,7?,8-,9+,10+,11?,12+,13-,14-,15-,16-,17-,18+/m1/s1. The molecule has 13 atom stereocenters. The first-order valence-electron chi connectivity index (χ1n) is 11.9. The molecule has 0 bridgehead atoms. The van der Waals surface area contributed by atoms with Crippen LogP contribution in [-0.2, 0) is 18.9 Å². The van der Waals surface area contributed by atoms with Crippen LogP contribution in [0.4, 0.5) is 0 Å². The molecule has 0 amide bonds. The van der Waals surface area contributed by atoms with Gasteiger partial charge >= 0.3 is 0 Å². The number of rotatable bonds is 11. The van der Waals surface area contributed by atoms with Crippen LogP contribution in [0, 0.1) is 0 Å². The molecule has 0 radical (unpaired) electrons. The van der Waals surface area contributed by atoms with Crippen molar-refractivity contribution < 1.29 is 44.5 Å². The molecule has 3 aliphatic rings. The Bertz CT molecular complexity index is 1030. The van der Waals surface area contributed by atoms with Gasteiger partial charge in [0.05, 0.1) is 43.1 Å². The van der Waals surface area contributed by atoms with E-state index < -0.39 is 92.7 Å². The van der Waals surface area contributed by atoms with Crippen LogP contribution in [0.25, 0.3) is 41.8 Å². The van der Waals surface area contributed by atoms with Gasteiger partial charge in [0, 0.05) is 32.3 Å². The average Bonchev–Trinajstić information content (AvgIpc) is 3.19. The molecule has 3 rings (SSSR count). The minimum absolute atomic E-state index is 0.0152. The number of hydrogen-bond donors (Lipinski definition) is 5. The van der Waals surface area contributed by atoms with Gasteiger partial charge in [-0.05, 0) is 41.4 Å². The van der Waals surface area contributed by atoms with E-state index in [0.717, 1.165) is 0 Å². The van der Waals surface area contributed by atoms with E-state index in [-0.39, 0.29) is 19.3 Å². The summed E-state index contributed by atoms with van der Waals surface area (Å²) in [5.74, 6) is 0. The van der Waals surface area contributed by atoms with Gasteiger partial charge in [0.2, 0.25) is 0 Å². The molecule has 2 aliphatic heterocycles. The zero-order valence-electron chi connectivity index (χ0n) is 20.3. The van der Waals surface area contributed by atoms with Gasteiger partial charge in [-0.25, -0.2) is 0 Å². The normalized spacial score (nSPS) is 41.8. The fourth-order valence-electron chi connectivity index (χ4n) is 4.81. The van der Waals surface area contributed by atoms with Gasteiger partial charge in [0.1, 0.15) is 24.4 Å². The number of hydrogen-bond acceptors (Lipinski definition) is 13. The van der Waals surface area contributed by atoms with E-state index in [0.29, 0.717) is 0 Å². The third-order valence-corrected chi connectivity index (χ3v) is 6.69. The van der Waals surface area contributed by atoms with Crippen molar-refractivity contribution in [1.29, 1.82) is 0 Å². The second kappa shape index (κ2) is 14.3. The SMILES string of the molecule is [N-]=[N+]=NC[C@@H]1O[C@H](O[C@H]2[C@@H](O)[C@H](O[C@H]3CC(N=[N+]=[N-])CC(N=[N+]=[N-])[C@@H]3O)O[C@@H]2CCO)C(N=[N+]=[N-])[C@@H](O)[C@@H]1O. The first-order valence-corrected chi connectivity index (χ1v) is 11.9. The van der Waals surface area contributed by atoms with Crippen LogP contribution < -0.4 is 0 Å². The summed E-state index contributed by atoms with van der Waals surface area (Å²) < 4.78 is 23.0. The van der Waals surface area contributed by atoms with Crippen molar-refractivity contribution in [3.63, 3.8) is 0 Å². The van der Waals surface area contributed by atoms with Gasteiger partial charge in [-0.1, -0.05) is 20.5 Å². The highest BCUT2D eigenvalue weighted by Gasteiger charge is 2.52. The lowest BCUT2D eigenvalue weighted by Gasteiger charge is -2.42. The zero-order valence-corrected chi connectivity index (χ0v) is 20.3. The van der Waals surface area contributed by atoms with Gasteiger partial charge in [-0.2, -0.15) is 0 Å². The molecule has 1 saturated carbocycles. The Balaban J connectivity index is 1.81. The summed E-state index contributed by atoms with van der Waals surface area (Å²) in [6.07, 6.45) is -13.8. The molecule has 3 fully saturated rings. The van der Waals surface area contributed by atoms with Gasteiger partial charge in [0.15, 0.2) is 12.6 Å². The predicted molar refractivity (Wildman–Crippen MR) is 125 cm³/mol. The number of aliphatic hydroxyl groups is 5. The summed E-state index contributed by atoms with van der Waals surface area (Å²) in [5.41, 5.74) is 35.2. The fourth-order valence-corrected chi connectivity index (χ4v) is 4.81. The summed E-state index contributed by atoms with van der Waals surface area (Å²) >= 11 is 0. The highest BCUT2D eigenvalue weighted by molar-refractivity contribution is 4.99. The van der Waals surface area contributed by atoms with Crippen molar-refractivity contribution in [2.75, 3.05) is 13.2 Å². The molecule has 2 heterocycles. The van der Waals surface area contributed by atoms with Gasteiger partial charge in [-0.15, -0.1) is 0 Å². The number of azide groups is 4. The van der Waals surface area contributed by atoms with Crippen LogP contribution >= 0.6 is 0 Å². The Labute approximate surface area is 219 Å². The van der Waals surface area contributed by atoms with Crippen molar-refractivity contribution in [2.45, 2.75) is 98.8 Å². The summed E-state index contributed by atoms with van der Waals surface area (Å²) in [7, 11) is 0. The second-order valence-corrected chi connectivity index (χ2v) is 9.05. The van der Waals surface area contributed by atoms with E-state index in [9.17, 15) is 25.5 Å². The Morgan fingerprint density at radius 2 is 1.44 bits per heavy atom. The maximum absolute atomic E-state index is 11.0. The van der Waals surface area contributed by atoms with Crippen LogP contribution in [0.3, 0.4) is 0 Å². The van der Waals surface area contributed by atoms with Crippen LogP contribution in [0.15, 0.2) is 20.5 Å². The summed E-state index contributed by atoms with van der Waals surface area (Å²) in [6, 6.07) is -3.15. The molecule has 5 N–H and O–H groups in total. The van der Waals surface area contributed by atoms with Gasteiger partial charge in [-0.3, -0.25) is 0 Å². The van der Waals surface area contributed by atoms with E-state index in [1.807, 2.05) is 0 Å². The predicted octanol–water partition coefficient (Wildman–Crippen LogP) is 0.173. The fraction of sp³-hybridized carbons (Fsp3) is 1.00. The summed E-state index contributed by atoms with van der Waals surface area (Å²) in [6.45, 7) is -0.800. The number of aliphatic hydroxyl groups excluding tert-OH is 5. The molecule has 0 aromatic heterocycles. The average molecular weight is 556 g/mol. The monoisotopic (exact) mass is 556 g/mol. The molecule has 0 spiro atoms. The van der Waals surface area contributed by atoms with Crippen LogP contribution in [0.5, 0.6) is 0 Å². The summed E-state index contributed by atoms with van der Waals surface area (Å²) in [5, 5.41) is 65.9. The highest BCUT2D eigenvalue weighted by atomic mass is 16.7. The molecule has 39 heavy (non-hydrogen) atoms. The molecule has 3 unspecified atom stereocenters. The van der Waals surface area contributed by atoms with Crippen molar-refractivity contribution in [3.05, 3.63) is 41.8 Å². The van der Waals surface area contributed by atoms with E-state index in [2.05, 4.69) is 40.1 Å². The lowest BCUT2D eigenvalue weighted by Crippen LogP contribution is -2.59. The first-order chi connectivity index (χ1) is 18.8. The highest BCUT2D eigenvalue weighted by Crippen LogP contribution is 2.35. The molecule has 0 aromatic carbocycles. The van der Waals surface area contributed by atoms with E-state index >= 15 is 0 Å². The molecular weight excluding hydrogens is 528 g/mol. The molecule has 1 aliphatic carbocycles. The lowest BCUT2D eigenvalue weighted by atomic mass is 9.87.